The van der Waals surface area contributed by atoms with Crippen LogP contribution in [-0.2, 0) is 0 Å². The van der Waals surface area contributed by atoms with Crippen LogP contribution in [0.3, 0.4) is 0 Å². The molecule has 0 saturated heterocycles. The highest BCUT2D eigenvalue weighted by atomic mass is 16.5. The first-order valence-corrected chi connectivity index (χ1v) is 7.47. The largest absolute Gasteiger partial charge is 0.497 e. The summed E-state index contributed by atoms with van der Waals surface area (Å²) < 4.78 is 5.12. The van der Waals surface area contributed by atoms with E-state index in [1.807, 2.05) is 24.3 Å². The highest BCUT2D eigenvalue weighted by molar-refractivity contribution is 5.28. The molecule has 0 radical (unpaired) electrons. The molecule has 2 bridgehead atoms. The molecule has 1 aromatic carbocycles. The first-order chi connectivity index (χ1) is 9.76. The van der Waals surface area contributed by atoms with E-state index >= 15 is 0 Å². The summed E-state index contributed by atoms with van der Waals surface area (Å²) in [6.45, 7) is 1.63. The predicted molar refractivity (Wildman–Crippen MR) is 79.7 cm³/mol. The summed E-state index contributed by atoms with van der Waals surface area (Å²) in [4.78, 5) is 0. The minimum absolute atomic E-state index is 0.449. The fourth-order valence-corrected chi connectivity index (χ4v) is 3.48. The van der Waals surface area contributed by atoms with Crippen molar-refractivity contribution in [1.29, 1.82) is 0 Å². The summed E-state index contributed by atoms with van der Waals surface area (Å²) in [5, 5.41) is 13.6. The van der Waals surface area contributed by atoms with Crippen LogP contribution in [0, 0.1) is 17.8 Å². The minimum atomic E-state index is -0.449. The van der Waals surface area contributed by atoms with Gasteiger partial charge in [-0.2, -0.15) is 0 Å². The molecule has 0 amide bonds. The van der Waals surface area contributed by atoms with Gasteiger partial charge in [-0.25, -0.2) is 0 Å². The number of methoxy groups -OCH3 is 1. The smallest absolute Gasteiger partial charge is 0.118 e. The van der Waals surface area contributed by atoms with E-state index in [-0.39, 0.29) is 0 Å². The SMILES string of the molecule is COc1ccc(C(O)CNCC2CC3C=CC2C3)cc1. The quantitative estimate of drug-likeness (QED) is 0.783. The van der Waals surface area contributed by atoms with E-state index in [0.717, 1.165) is 35.6 Å². The lowest BCUT2D eigenvalue weighted by atomic mass is 9.93. The van der Waals surface area contributed by atoms with Crippen molar-refractivity contribution in [2.24, 2.45) is 17.8 Å². The third kappa shape index (κ3) is 2.89. The topological polar surface area (TPSA) is 41.5 Å². The average molecular weight is 273 g/mol. The predicted octanol–water partition coefficient (Wildman–Crippen LogP) is 2.53. The van der Waals surface area contributed by atoms with E-state index in [1.54, 1.807) is 7.11 Å². The Morgan fingerprint density at radius 3 is 2.65 bits per heavy atom. The van der Waals surface area contributed by atoms with Gasteiger partial charge in [0.2, 0.25) is 0 Å². The van der Waals surface area contributed by atoms with Gasteiger partial charge in [0.25, 0.3) is 0 Å². The lowest BCUT2D eigenvalue weighted by molar-refractivity contribution is 0.171. The van der Waals surface area contributed by atoms with E-state index in [0.29, 0.717) is 6.54 Å². The summed E-state index contributed by atoms with van der Waals surface area (Å²) in [5.74, 6) is 3.17. The molecule has 0 heterocycles. The van der Waals surface area contributed by atoms with Gasteiger partial charge in [0, 0.05) is 6.54 Å². The molecule has 3 heteroatoms. The second-order valence-corrected chi connectivity index (χ2v) is 5.99. The highest BCUT2D eigenvalue weighted by Gasteiger charge is 2.35. The molecule has 4 unspecified atom stereocenters. The second kappa shape index (κ2) is 5.98. The number of aliphatic hydroxyl groups excluding tert-OH is 1. The molecule has 0 spiro atoms. The van der Waals surface area contributed by atoms with Crippen LogP contribution in [0.15, 0.2) is 36.4 Å². The summed E-state index contributed by atoms with van der Waals surface area (Å²) in [6.07, 6.45) is 6.95. The molecule has 108 valence electrons. The average Bonchev–Trinajstić information content (AvgIpc) is 3.10. The zero-order valence-electron chi connectivity index (χ0n) is 12.0. The zero-order chi connectivity index (χ0) is 13.9. The van der Waals surface area contributed by atoms with Crippen molar-refractivity contribution in [3.05, 3.63) is 42.0 Å². The van der Waals surface area contributed by atoms with Crippen molar-refractivity contribution in [2.75, 3.05) is 20.2 Å². The Hall–Kier alpha value is -1.32. The van der Waals surface area contributed by atoms with Crippen LogP contribution in [0.25, 0.3) is 0 Å². The summed E-state index contributed by atoms with van der Waals surface area (Å²) in [5.41, 5.74) is 0.936. The maximum Gasteiger partial charge on any atom is 0.118 e. The van der Waals surface area contributed by atoms with E-state index in [1.165, 1.54) is 12.8 Å². The molecule has 3 rings (SSSR count). The molecule has 3 nitrogen and oxygen atoms in total. The van der Waals surface area contributed by atoms with Crippen LogP contribution in [0.4, 0.5) is 0 Å². The van der Waals surface area contributed by atoms with Gasteiger partial charge < -0.3 is 15.2 Å². The van der Waals surface area contributed by atoms with Crippen molar-refractivity contribution < 1.29 is 9.84 Å². The number of fused-ring (bicyclic) bond motifs is 2. The summed E-state index contributed by atoms with van der Waals surface area (Å²) in [6, 6.07) is 7.62. The summed E-state index contributed by atoms with van der Waals surface area (Å²) in [7, 11) is 1.65. The number of benzene rings is 1. The Morgan fingerprint density at radius 1 is 1.25 bits per heavy atom. The fraction of sp³-hybridized carbons (Fsp3) is 0.529. The maximum absolute atomic E-state index is 10.2. The van der Waals surface area contributed by atoms with Gasteiger partial charge in [-0.1, -0.05) is 24.3 Å². The summed E-state index contributed by atoms with van der Waals surface area (Å²) >= 11 is 0. The first kappa shape index (κ1) is 13.7. The highest BCUT2D eigenvalue weighted by Crippen LogP contribution is 2.42. The number of ether oxygens (including phenoxy) is 1. The number of rotatable bonds is 6. The zero-order valence-corrected chi connectivity index (χ0v) is 12.0. The Morgan fingerprint density at radius 2 is 2.05 bits per heavy atom. The Balaban J connectivity index is 1.44. The van der Waals surface area contributed by atoms with Gasteiger partial charge in [0.15, 0.2) is 0 Å². The lowest BCUT2D eigenvalue weighted by Crippen LogP contribution is -2.29. The number of nitrogens with one attached hydrogen (secondary N) is 1. The van der Waals surface area contributed by atoms with Crippen molar-refractivity contribution in [3.63, 3.8) is 0 Å². The third-order valence-corrected chi connectivity index (χ3v) is 4.66. The van der Waals surface area contributed by atoms with Crippen molar-refractivity contribution in [2.45, 2.75) is 18.9 Å². The van der Waals surface area contributed by atoms with Crippen molar-refractivity contribution >= 4 is 0 Å². The molecule has 1 fully saturated rings. The molecule has 4 atom stereocenters. The van der Waals surface area contributed by atoms with Crippen LogP contribution in [0.1, 0.15) is 24.5 Å². The minimum Gasteiger partial charge on any atom is -0.497 e. The molecule has 0 aromatic heterocycles. The maximum atomic E-state index is 10.2. The van der Waals surface area contributed by atoms with Crippen LogP contribution in [0.5, 0.6) is 5.75 Å². The van der Waals surface area contributed by atoms with Crippen LogP contribution < -0.4 is 10.1 Å². The Labute approximate surface area is 120 Å². The van der Waals surface area contributed by atoms with Gasteiger partial charge in [-0.05, 0) is 54.8 Å². The standard InChI is InChI=1S/C17H23NO2/c1-20-16-6-4-13(5-7-16)17(19)11-18-10-15-9-12-2-3-14(15)8-12/h2-7,12,14-15,17-19H,8-11H2,1H3. The molecule has 2 aliphatic rings. The lowest BCUT2D eigenvalue weighted by Gasteiger charge is -2.20. The third-order valence-electron chi connectivity index (χ3n) is 4.66. The molecular formula is C17H23NO2. The van der Waals surface area contributed by atoms with E-state index in [9.17, 15) is 5.11 Å². The van der Waals surface area contributed by atoms with Crippen LogP contribution >= 0.6 is 0 Å². The van der Waals surface area contributed by atoms with Gasteiger partial charge in [-0.3, -0.25) is 0 Å². The second-order valence-electron chi connectivity index (χ2n) is 5.99. The van der Waals surface area contributed by atoms with E-state index in [4.69, 9.17) is 4.74 Å². The van der Waals surface area contributed by atoms with Crippen LogP contribution in [-0.4, -0.2) is 25.3 Å². The number of aliphatic hydroxyl groups is 1. The van der Waals surface area contributed by atoms with Gasteiger partial charge >= 0.3 is 0 Å². The normalized spacial score (nSPS) is 28.8. The Bertz CT molecular complexity index is 468. The molecule has 2 N–H and O–H groups in total. The molecule has 2 aliphatic carbocycles. The van der Waals surface area contributed by atoms with E-state index in [2.05, 4.69) is 17.5 Å². The van der Waals surface area contributed by atoms with Gasteiger partial charge in [0.1, 0.15) is 5.75 Å². The molecule has 0 aliphatic heterocycles. The molecule has 20 heavy (non-hydrogen) atoms. The monoisotopic (exact) mass is 273 g/mol. The first-order valence-electron chi connectivity index (χ1n) is 7.47. The molecule has 1 saturated carbocycles. The van der Waals surface area contributed by atoms with Crippen molar-refractivity contribution in [1.82, 2.24) is 5.32 Å². The van der Waals surface area contributed by atoms with E-state index < -0.39 is 6.10 Å². The number of hydrogen-bond acceptors (Lipinski definition) is 3. The van der Waals surface area contributed by atoms with Gasteiger partial charge in [0.05, 0.1) is 13.2 Å². The number of hydrogen-bond donors (Lipinski definition) is 2. The Kier molecular flexibility index (Phi) is 4.08. The van der Waals surface area contributed by atoms with Gasteiger partial charge in [-0.15, -0.1) is 0 Å². The van der Waals surface area contributed by atoms with Crippen LogP contribution in [0.2, 0.25) is 0 Å². The fourth-order valence-electron chi connectivity index (χ4n) is 3.48. The molecule has 1 aromatic rings. The number of allylic oxidation sites excluding steroid dienone is 2. The van der Waals surface area contributed by atoms with Crippen molar-refractivity contribution in [3.8, 4) is 5.75 Å². The molecular weight excluding hydrogens is 250 g/mol.